The average Bonchev–Trinajstić information content (AvgIpc) is 2.32. The third-order valence-corrected chi connectivity index (χ3v) is 3.01. The van der Waals surface area contributed by atoms with E-state index in [9.17, 15) is 19.5 Å². The van der Waals surface area contributed by atoms with Gasteiger partial charge in [-0.2, -0.15) is 0 Å². The second-order valence-corrected chi connectivity index (χ2v) is 4.28. The van der Waals surface area contributed by atoms with Crippen molar-refractivity contribution in [2.24, 2.45) is 0 Å². The lowest BCUT2D eigenvalue weighted by atomic mass is 10.0. The highest BCUT2D eigenvalue weighted by molar-refractivity contribution is 5.93. The normalized spacial score (nSPS) is 14.2. The number of ether oxygens (including phenoxy) is 1. The molecule has 1 amide bonds. The predicted molar refractivity (Wildman–Crippen MR) is 64.9 cm³/mol. The first-order chi connectivity index (χ1) is 8.95. The van der Waals surface area contributed by atoms with E-state index in [0.717, 1.165) is 0 Å². The van der Waals surface area contributed by atoms with Gasteiger partial charge in [0.05, 0.1) is 19.6 Å². The number of pyridine rings is 1. The van der Waals surface area contributed by atoms with Gasteiger partial charge in [0.2, 0.25) is 5.91 Å². The van der Waals surface area contributed by atoms with Crippen molar-refractivity contribution in [1.29, 1.82) is 0 Å². The first-order valence-corrected chi connectivity index (χ1v) is 5.83. The van der Waals surface area contributed by atoms with E-state index in [1.165, 1.54) is 4.90 Å². The number of esters is 1. The molecule has 1 aliphatic heterocycles. The van der Waals surface area contributed by atoms with Crippen LogP contribution in [0.2, 0.25) is 0 Å². The van der Waals surface area contributed by atoms with E-state index in [2.05, 4.69) is 4.98 Å². The Morgan fingerprint density at radius 2 is 2.16 bits per heavy atom. The molecule has 0 unspecified atom stereocenters. The smallest absolute Gasteiger partial charge is 0.347 e. The Morgan fingerprint density at radius 1 is 1.47 bits per heavy atom. The van der Waals surface area contributed by atoms with Gasteiger partial charge in [0, 0.05) is 18.3 Å². The van der Waals surface area contributed by atoms with Gasteiger partial charge in [0.15, 0.2) is 5.56 Å². The van der Waals surface area contributed by atoms with Crippen molar-refractivity contribution < 1.29 is 19.4 Å². The largest absolute Gasteiger partial charge is 0.506 e. The van der Waals surface area contributed by atoms with Gasteiger partial charge in [-0.1, -0.05) is 0 Å². The number of aromatic amines is 1. The van der Waals surface area contributed by atoms with Gasteiger partial charge in [-0.3, -0.25) is 9.59 Å². The molecule has 0 aliphatic carbocycles. The molecule has 2 heterocycles. The minimum atomic E-state index is -0.893. The number of nitrogens with one attached hydrogen (secondary N) is 1. The first kappa shape index (κ1) is 13.1. The number of nitrogens with zero attached hydrogens (tertiary/aromatic N) is 1. The number of aromatic hydroxyl groups is 1. The highest BCUT2D eigenvalue weighted by Crippen LogP contribution is 2.27. The first-order valence-electron chi connectivity index (χ1n) is 5.83. The van der Waals surface area contributed by atoms with Gasteiger partial charge in [0.1, 0.15) is 5.75 Å². The van der Waals surface area contributed by atoms with Gasteiger partial charge in [-0.25, -0.2) is 4.79 Å². The molecular weight excluding hydrogens is 252 g/mol. The van der Waals surface area contributed by atoms with Crippen LogP contribution in [0.1, 0.15) is 28.5 Å². The maximum Gasteiger partial charge on any atom is 0.347 e. The van der Waals surface area contributed by atoms with Crippen LogP contribution in [0.3, 0.4) is 0 Å². The minimum absolute atomic E-state index is 0.0547. The lowest BCUT2D eigenvalue weighted by Gasteiger charge is -2.25. The summed E-state index contributed by atoms with van der Waals surface area (Å²) in [4.78, 5) is 39.0. The number of fused-ring (bicyclic) bond motifs is 1. The van der Waals surface area contributed by atoms with Crippen molar-refractivity contribution in [3.05, 3.63) is 27.2 Å². The third-order valence-electron chi connectivity index (χ3n) is 3.01. The zero-order chi connectivity index (χ0) is 14.2. The van der Waals surface area contributed by atoms with E-state index in [-0.39, 0.29) is 31.0 Å². The van der Waals surface area contributed by atoms with Crippen molar-refractivity contribution in [1.82, 2.24) is 9.88 Å². The Labute approximate surface area is 108 Å². The monoisotopic (exact) mass is 266 g/mol. The molecule has 102 valence electrons. The molecule has 1 aromatic heterocycles. The Kier molecular flexibility index (Phi) is 3.28. The Bertz CT molecular complexity index is 605. The van der Waals surface area contributed by atoms with E-state index in [1.807, 2.05) is 0 Å². The molecule has 0 saturated heterocycles. The summed E-state index contributed by atoms with van der Waals surface area (Å²) in [5.74, 6) is -1.54. The summed E-state index contributed by atoms with van der Waals surface area (Å²) in [5.41, 5.74) is -0.432. The summed E-state index contributed by atoms with van der Waals surface area (Å²) in [6, 6.07) is 0. The van der Waals surface area contributed by atoms with Crippen molar-refractivity contribution in [2.75, 3.05) is 13.7 Å². The molecule has 0 saturated carbocycles. The summed E-state index contributed by atoms with van der Waals surface area (Å²) >= 11 is 0. The van der Waals surface area contributed by atoms with Crippen LogP contribution in [0.15, 0.2) is 4.79 Å². The van der Waals surface area contributed by atoms with Crippen LogP contribution < -0.4 is 5.56 Å². The van der Waals surface area contributed by atoms with E-state index in [1.54, 1.807) is 14.0 Å². The number of likely N-dealkylation sites (N-methyl/N-ethyl adjacent to an activating group) is 1. The molecule has 0 atom stereocenters. The van der Waals surface area contributed by atoms with Crippen molar-refractivity contribution >= 4 is 11.9 Å². The molecule has 1 aromatic rings. The van der Waals surface area contributed by atoms with E-state index >= 15 is 0 Å². The predicted octanol–water partition coefficient (Wildman–Crippen LogP) is -0.228. The van der Waals surface area contributed by atoms with Crippen LogP contribution in [0, 0.1) is 0 Å². The van der Waals surface area contributed by atoms with Gasteiger partial charge in [0.25, 0.3) is 5.56 Å². The summed E-state index contributed by atoms with van der Waals surface area (Å²) in [5, 5.41) is 10.0. The van der Waals surface area contributed by atoms with Gasteiger partial charge in [-0.05, 0) is 6.92 Å². The van der Waals surface area contributed by atoms with Crippen LogP contribution in [0.5, 0.6) is 5.75 Å². The van der Waals surface area contributed by atoms with E-state index in [4.69, 9.17) is 4.74 Å². The zero-order valence-corrected chi connectivity index (χ0v) is 10.6. The second-order valence-electron chi connectivity index (χ2n) is 4.28. The van der Waals surface area contributed by atoms with Crippen LogP contribution in [0.25, 0.3) is 0 Å². The average molecular weight is 266 g/mol. The molecule has 7 nitrogen and oxygen atoms in total. The van der Waals surface area contributed by atoms with Gasteiger partial charge < -0.3 is 19.7 Å². The van der Waals surface area contributed by atoms with Crippen molar-refractivity contribution in [3.8, 4) is 5.75 Å². The number of amides is 1. The summed E-state index contributed by atoms with van der Waals surface area (Å²) in [6.45, 7) is 1.89. The molecule has 0 aromatic carbocycles. The molecule has 0 radical (unpaired) electrons. The topological polar surface area (TPSA) is 99.7 Å². The fourth-order valence-electron chi connectivity index (χ4n) is 2.01. The number of aromatic nitrogens is 1. The number of hydrogen-bond acceptors (Lipinski definition) is 5. The fraction of sp³-hybridized carbons (Fsp3) is 0.417. The molecule has 0 spiro atoms. The Hall–Kier alpha value is -2.31. The molecule has 2 N–H and O–H groups in total. The molecule has 0 bridgehead atoms. The Balaban J connectivity index is 2.56. The van der Waals surface area contributed by atoms with E-state index in [0.29, 0.717) is 5.69 Å². The highest BCUT2D eigenvalue weighted by Gasteiger charge is 2.29. The summed E-state index contributed by atoms with van der Waals surface area (Å²) < 4.78 is 4.71. The summed E-state index contributed by atoms with van der Waals surface area (Å²) in [7, 11) is 1.60. The van der Waals surface area contributed by atoms with Crippen molar-refractivity contribution in [3.63, 3.8) is 0 Å². The highest BCUT2D eigenvalue weighted by atomic mass is 16.5. The molecule has 1 aliphatic rings. The fourth-order valence-corrected chi connectivity index (χ4v) is 2.01. The van der Waals surface area contributed by atoms with Crippen LogP contribution >= 0.6 is 0 Å². The Morgan fingerprint density at radius 3 is 2.79 bits per heavy atom. The standard InChI is InChI=1S/C12H14N2O5/c1-3-19-12(18)9-10(16)6-4-8(15)14(2)5-7(6)13-11(9)17/h3-5H2,1-2H3,(H2,13,16,17). The number of carbonyl (C=O) groups is 2. The van der Waals surface area contributed by atoms with Gasteiger partial charge in [-0.15, -0.1) is 0 Å². The maximum atomic E-state index is 11.8. The van der Waals surface area contributed by atoms with Gasteiger partial charge >= 0.3 is 5.97 Å². The second kappa shape index (κ2) is 4.75. The lowest BCUT2D eigenvalue weighted by Crippen LogP contribution is -2.36. The molecule has 19 heavy (non-hydrogen) atoms. The van der Waals surface area contributed by atoms with E-state index < -0.39 is 22.8 Å². The van der Waals surface area contributed by atoms with Crippen LogP contribution in [-0.2, 0) is 22.5 Å². The third kappa shape index (κ3) is 2.18. The number of hydrogen-bond donors (Lipinski definition) is 2. The number of rotatable bonds is 2. The maximum absolute atomic E-state index is 11.8. The summed E-state index contributed by atoms with van der Waals surface area (Å²) in [6.07, 6.45) is -0.0547. The van der Waals surface area contributed by atoms with Crippen LogP contribution in [0.4, 0.5) is 0 Å². The number of H-pyrrole nitrogens is 1. The number of carbonyl (C=O) groups excluding carboxylic acids is 2. The molecule has 7 heteroatoms. The van der Waals surface area contributed by atoms with Crippen molar-refractivity contribution in [2.45, 2.75) is 19.9 Å². The molecule has 0 fully saturated rings. The van der Waals surface area contributed by atoms with Crippen LogP contribution in [-0.4, -0.2) is 40.5 Å². The molecule has 2 rings (SSSR count). The SMILES string of the molecule is CCOC(=O)c1c(O)c2c([nH]c1=O)CN(C)C(=O)C2. The lowest BCUT2D eigenvalue weighted by molar-refractivity contribution is -0.130. The quantitative estimate of drug-likeness (QED) is 0.720. The zero-order valence-electron chi connectivity index (χ0n) is 10.6. The molecular formula is C12H14N2O5. The minimum Gasteiger partial charge on any atom is -0.506 e.